The first-order chi connectivity index (χ1) is 10.0. The van der Waals surface area contributed by atoms with Crippen molar-refractivity contribution in [2.45, 2.75) is 31.2 Å². The zero-order valence-corrected chi connectivity index (χ0v) is 13.5. The molecule has 1 atom stereocenters. The Hall–Kier alpha value is -0.950. The first-order valence-electron chi connectivity index (χ1n) is 7.33. The Labute approximate surface area is 127 Å². The molecule has 2 N–H and O–H groups in total. The van der Waals surface area contributed by atoms with E-state index < -0.39 is 10.0 Å². The third-order valence-electron chi connectivity index (χ3n) is 4.02. The topological polar surface area (TPSA) is 72.6 Å². The molecule has 1 aromatic rings. The summed E-state index contributed by atoms with van der Waals surface area (Å²) in [5.74, 6) is 0.285. The predicted molar refractivity (Wildman–Crippen MR) is 82.5 cm³/mol. The van der Waals surface area contributed by atoms with Gasteiger partial charge in [-0.05, 0) is 36.0 Å². The monoisotopic (exact) mass is 312 g/mol. The van der Waals surface area contributed by atoms with Crippen molar-refractivity contribution in [3.8, 4) is 0 Å². The van der Waals surface area contributed by atoms with Gasteiger partial charge in [-0.3, -0.25) is 0 Å². The summed E-state index contributed by atoms with van der Waals surface area (Å²) >= 11 is 0. The SMILES string of the molecule is CCc1ccc(CN)cc1S(=O)(=O)N1CCC(COC)C1. The van der Waals surface area contributed by atoms with Gasteiger partial charge in [0.15, 0.2) is 0 Å². The quantitative estimate of drug-likeness (QED) is 0.861. The smallest absolute Gasteiger partial charge is 0.243 e. The van der Waals surface area contributed by atoms with E-state index in [0.717, 1.165) is 17.5 Å². The highest BCUT2D eigenvalue weighted by Gasteiger charge is 2.33. The largest absolute Gasteiger partial charge is 0.384 e. The van der Waals surface area contributed by atoms with E-state index >= 15 is 0 Å². The van der Waals surface area contributed by atoms with Gasteiger partial charge in [0.05, 0.1) is 11.5 Å². The minimum absolute atomic E-state index is 0.285. The molecule has 2 rings (SSSR count). The molecule has 0 aromatic heterocycles. The van der Waals surface area contributed by atoms with Crippen LogP contribution >= 0.6 is 0 Å². The number of ether oxygens (including phenoxy) is 1. The van der Waals surface area contributed by atoms with Crippen LogP contribution in [0.3, 0.4) is 0 Å². The van der Waals surface area contributed by atoms with Gasteiger partial charge in [0.1, 0.15) is 0 Å². The summed E-state index contributed by atoms with van der Waals surface area (Å²) in [4.78, 5) is 0.408. The number of benzene rings is 1. The Bertz CT molecular complexity index is 587. The molecule has 0 radical (unpaired) electrons. The standard InChI is InChI=1S/C15H24N2O3S/c1-3-14-5-4-12(9-16)8-15(14)21(18,19)17-7-6-13(10-17)11-20-2/h4-5,8,13H,3,6-7,9-11,16H2,1-2H3. The number of aryl methyl sites for hydroxylation is 1. The van der Waals surface area contributed by atoms with Crippen molar-refractivity contribution < 1.29 is 13.2 Å². The zero-order valence-electron chi connectivity index (χ0n) is 12.7. The molecule has 0 bridgehead atoms. The maximum Gasteiger partial charge on any atom is 0.243 e. The van der Waals surface area contributed by atoms with Crippen LogP contribution in [-0.4, -0.2) is 39.5 Å². The lowest BCUT2D eigenvalue weighted by molar-refractivity contribution is 0.157. The van der Waals surface area contributed by atoms with Gasteiger partial charge in [-0.1, -0.05) is 19.1 Å². The van der Waals surface area contributed by atoms with Crippen LogP contribution in [0.4, 0.5) is 0 Å². The van der Waals surface area contributed by atoms with Gasteiger partial charge < -0.3 is 10.5 Å². The molecule has 0 spiro atoms. The number of nitrogens with two attached hydrogens (primary N) is 1. The van der Waals surface area contributed by atoms with E-state index in [4.69, 9.17) is 10.5 Å². The van der Waals surface area contributed by atoms with Crippen molar-refractivity contribution in [3.63, 3.8) is 0 Å². The van der Waals surface area contributed by atoms with E-state index in [2.05, 4.69) is 0 Å². The molecule has 1 unspecified atom stereocenters. The van der Waals surface area contributed by atoms with Crippen LogP contribution in [-0.2, 0) is 27.7 Å². The molecule has 0 amide bonds. The lowest BCUT2D eigenvalue weighted by Crippen LogP contribution is -2.30. The molecule has 6 heteroatoms. The lowest BCUT2D eigenvalue weighted by atomic mass is 10.1. The minimum atomic E-state index is -3.44. The summed E-state index contributed by atoms with van der Waals surface area (Å²) in [6.07, 6.45) is 1.54. The molecular formula is C15H24N2O3S. The Kier molecular flexibility index (Phi) is 5.37. The molecule has 5 nitrogen and oxygen atoms in total. The van der Waals surface area contributed by atoms with Gasteiger partial charge in [0.25, 0.3) is 0 Å². The molecule has 1 fully saturated rings. The second-order valence-electron chi connectivity index (χ2n) is 5.47. The third kappa shape index (κ3) is 3.45. The summed E-state index contributed by atoms with van der Waals surface area (Å²) in [5, 5.41) is 0. The van der Waals surface area contributed by atoms with E-state index in [0.29, 0.717) is 37.6 Å². The van der Waals surface area contributed by atoms with Crippen LogP contribution in [0.15, 0.2) is 23.1 Å². The fourth-order valence-corrected chi connectivity index (χ4v) is 4.66. The normalized spacial score (nSPS) is 20.0. The Morgan fingerprint density at radius 2 is 2.19 bits per heavy atom. The van der Waals surface area contributed by atoms with Crippen molar-refractivity contribution in [2.24, 2.45) is 11.7 Å². The molecule has 21 heavy (non-hydrogen) atoms. The molecule has 1 heterocycles. The van der Waals surface area contributed by atoms with Crippen molar-refractivity contribution >= 4 is 10.0 Å². The van der Waals surface area contributed by atoms with Gasteiger partial charge in [0, 0.05) is 26.7 Å². The van der Waals surface area contributed by atoms with Crippen molar-refractivity contribution in [1.29, 1.82) is 0 Å². The number of rotatable bonds is 6. The van der Waals surface area contributed by atoms with Gasteiger partial charge in [-0.15, -0.1) is 0 Å². The predicted octanol–water partition coefficient (Wildman–Crippen LogP) is 1.36. The van der Waals surface area contributed by atoms with Crippen LogP contribution in [0.25, 0.3) is 0 Å². The fraction of sp³-hybridized carbons (Fsp3) is 0.600. The van der Waals surface area contributed by atoms with Gasteiger partial charge in [0.2, 0.25) is 10.0 Å². The molecule has 1 saturated heterocycles. The maximum absolute atomic E-state index is 12.9. The van der Waals surface area contributed by atoms with Crippen LogP contribution in [0.1, 0.15) is 24.5 Å². The van der Waals surface area contributed by atoms with Crippen LogP contribution in [0, 0.1) is 5.92 Å². The molecular weight excluding hydrogens is 288 g/mol. The van der Waals surface area contributed by atoms with Crippen LogP contribution in [0.2, 0.25) is 0 Å². The van der Waals surface area contributed by atoms with E-state index in [1.807, 2.05) is 19.1 Å². The maximum atomic E-state index is 12.9. The average molecular weight is 312 g/mol. The minimum Gasteiger partial charge on any atom is -0.384 e. The van der Waals surface area contributed by atoms with Gasteiger partial charge in [-0.2, -0.15) is 4.31 Å². The second-order valence-corrected chi connectivity index (χ2v) is 7.38. The third-order valence-corrected chi connectivity index (χ3v) is 5.96. The number of methoxy groups -OCH3 is 1. The van der Waals surface area contributed by atoms with Gasteiger partial charge in [-0.25, -0.2) is 8.42 Å². The molecule has 1 aliphatic rings. The molecule has 0 aliphatic carbocycles. The zero-order chi connectivity index (χ0) is 15.5. The lowest BCUT2D eigenvalue weighted by Gasteiger charge is -2.19. The Morgan fingerprint density at radius 3 is 2.81 bits per heavy atom. The molecule has 1 aromatic carbocycles. The van der Waals surface area contributed by atoms with E-state index in [1.54, 1.807) is 17.5 Å². The number of sulfonamides is 1. The van der Waals surface area contributed by atoms with Crippen LogP contribution < -0.4 is 5.73 Å². The Morgan fingerprint density at radius 1 is 1.43 bits per heavy atom. The molecule has 0 saturated carbocycles. The summed E-state index contributed by atoms with van der Waals surface area (Å²) < 4.78 is 32.5. The summed E-state index contributed by atoms with van der Waals surface area (Å²) in [6.45, 7) is 4.01. The van der Waals surface area contributed by atoms with E-state index in [-0.39, 0.29) is 5.92 Å². The van der Waals surface area contributed by atoms with E-state index in [9.17, 15) is 8.42 Å². The highest BCUT2D eigenvalue weighted by atomic mass is 32.2. The van der Waals surface area contributed by atoms with Gasteiger partial charge >= 0.3 is 0 Å². The van der Waals surface area contributed by atoms with Crippen molar-refractivity contribution in [2.75, 3.05) is 26.8 Å². The number of hydrogen-bond acceptors (Lipinski definition) is 4. The Balaban J connectivity index is 2.31. The fourth-order valence-electron chi connectivity index (χ4n) is 2.78. The molecule has 118 valence electrons. The van der Waals surface area contributed by atoms with E-state index in [1.165, 1.54) is 0 Å². The van der Waals surface area contributed by atoms with Crippen LogP contribution in [0.5, 0.6) is 0 Å². The number of hydrogen-bond donors (Lipinski definition) is 1. The highest BCUT2D eigenvalue weighted by molar-refractivity contribution is 7.89. The number of nitrogens with zero attached hydrogens (tertiary/aromatic N) is 1. The van der Waals surface area contributed by atoms with Crippen molar-refractivity contribution in [1.82, 2.24) is 4.31 Å². The summed E-state index contributed by atoms with van der Waals surface area (Å²) in [6, 6.07) is 5.49. The van der Waals surface area contributed by atoms with Crippen molar-refractivity contribution in [3.05, 3.63) is 29.3 Å². The molecule has 1 aliphatic heterocycles. The average Bonchev–Trinajstić information content (AvgIpc) is 2.96. The first kappa shape index (κ1) is 16.4. The summed E-state index contributed by atoms with van der Waals surface area (Å²) in [5.41, 5.74) is 7.34. The highest BCUT2D eigenvalue weighted by Crippen LogP contribution is 2.27. The summed E-state index contributed by atoms with van der Waals surface area (Å²) in [7, 11) is -1.79. The first-order valence-corrected chi connectivity index (χ1v) is 8.77. The second kappa shape index (κ2) is 6.87.